The fraction of sp³-hybridized carbons (Fsp3) is 0.562. The van der Waals surface area contributed by atoms with Gasteiger partial charge in [0.25, 0.3) is 0 Å². The Kier molecular flexibility index (Phi) is 4.33. The molecule has 3 rings (SSSR count). The van der Waals surface area contributed by atoms with Gasteiger partial charge in [-0.1, -0.05) is 19.1 Å². The summed E-state index contributed by atoms with van der Waals surface area (Å²) in [6, 6.07) is 8.20. The first-order valence-electron chi connectivity index (χ1n) is 7.62. The molecule has 0 aliphatic carbocycles. The topological polar surface area (TPSA) is 41.1 Å². The Morgan fingerprint density at radius 1 is 1.40 bits per heavy atom. The van der Waals surface area contributed by atoms with E-state index in [4.69, 9.17) is 4.74 Å². The Morgan fingerprint density at radius 2 is 2.30 bits per heavy atom. The number of para-hydroxylation sites is 2. The van der Waals surface area contributed by atoms with Crippen LogP contribution in [0.5, 0.6) is 0 Å². The van der Waals surface area contributed by atoms with Crippen molar-refractivity contribution in [3.63, 3.8) is 0 Å². The number of aromatic amines is 1. The van der Waals surface area contributed by atoms with Crippen LogP contribution in [-0.4, -0.2) is 40.7 Å². The fourth-order valence-electron chi connectivity index (χ4n) is 2.87. The predicted octanol–water partition coefficient (Wildman–Crippen LogP) is 2.95. The summed E-state index contributed by atoms with van der Waals surface area (Å²) in [5.41, 5.74) is 2.18. The van der Waals surface area contributed by atoms with Crippen molar-refractivity contribution >= 4 is 11.0 Å². The maximum absolute atomic E-state index is 5.89. The number of H-pyrrole nitrogens is 1. The summed E-state index contributed by atoms with van der Waals surface area (Å²) in [6.45, 7) is 6.10. The minimum Gasteiger partial charge on any atom is -0.377 e. The summed E-state index contributed by atoms with van der Waals surface area (Å²) in [7, 11) is 0. The number of ether oxygens (including phenoxy) is 1. The largest absolute Gasteiger partial charge is 0.377 e. The molecule has 1 fully saturated rings. The molecule has 1 aromatic heterocycles. The van der Waals surface area contributed by atoms with Crippen LogP contribution >= 0.6 is 0 Å². The van der Waals surface area contributed by atoms with Crippen molar-refractivity contribution in [3.8, 4) is 0 Å². The van der Waals surface area contributed by atoms with Crippen LogP contribution in [0, 0.1) is 0 Å². The molecule has 0 unspecified atom stereocenters. The molecule has 1 aliphatic heterocycles. The van der Waals surface area contributed by atoms with E-state index in [1.54, 1.807) is 0 Å². The van der Waals surface area contributed by atoms with E-state index in [9.17, 15) is 0 Å². The summed E-state index contributed by atoms with van der Waals surface area (Å²) < 4.78 is 5.89. The lowest BCUT2D eigenvalue weighted by atomic mass is 10.1. The second-order valence-electron chi connectivity index (χ2n) is 5.57. The van der Waals surface area contributed by atoms with Crippen LogP contribution in [0.3, 0.4) is 0 Å². The van der Waals surface area contributed by atoms with Crippen molar-refractivity contribution in [1.82, 2.24) is 14.9 Å². The number of piperidine rings is 1. The first-order chi connectivity index (χ1) is 9.85. The monoisotopic (exact) mass is 273 g/mol. The molecule has 20 heavy (non-hydrogen) atoms. The minimum absolute atomic E-state index is 0.396. The van der Waals surface area contributed by atoms with Crippen LogP contribution in [0.2, 0.25) is 0 Å². The normalized spacial score (nSPS) is 20.6. The summed E-state index contributed by atoms with van der Waals surface area (Å²) in [6.07, 6.45) is 3.90. The lowest BCUT2D eigenvalue weighted by Crippen LogP contribution is -2.39. The number of imidazole rings is 1. The highest BCUT2D eigenvalue weighted by Gasteiger charge is 2.21. The zero-order valence-electron chi connectivity index (χ0n) is 12.1. The molecule has 0 spiro atoms. The molecule has 0 saturated carbocycles. The Bertz CT molecular complexity index is 518. The van der Waals surface area contributed by atoms with Gasteiger partial charge in [0.05, 0.1) is 23.7 Å². The second kappa shape index (κ2) is 6.37. The quantitative estimate of drug-likeness (QED) is 0.910. The van der Waals surface area contributed by atoms with Crippen LogP contribution in [0.4, 0.5) is 0 Å². The number of aromatic nitrogens is 2. The number of benzene rings is 1. The van der Waals surface area contributed by atoms with E-state index in [2.05, 4.69) is 33.9 Å². The average Bonchev–Trinajstić information content (AvgIpc) is 2.87. The first-order valence-corrected chi connectivity index (χ1v) is 7.62. The molecule has 0 radical (unpaired) electrons. The van der Waals surface area contributed by atoms with E-state index in [1.165, 1.54) is 12.8 Å². The third-order valence-electron chi connectivity index (χ3n) is 3.83. The first kappa shape index (κ1) is 13.6. The molecule has 0 bridgehead atoms. The summed E-state index contributed by atoms with van der Waals surface area (Å²) in [5, 5.41) is 0. The summed E-state index contributed by atoms with van der Waals surface area (Å²) in [4.78, 5) is 10.5. The molecule has 4 nitrogen and oxygen atoms in total. The standard InChI is InChI=1S/C16H23N3O/c1-2-10-20-13-6-5-9-19(11-13)12-16-17-14-7-3-4-8-15(14)18-16/h3-4,7-8,13H,2,5-6,9-12H2,1H3,(H,17,18)/t13-/m0/s1. The maximum Gasteiger partial charge on any atom is 0.121 e. The van der Waals surface area contributed by atoms with Gasteiger partial charge in [-0.05, 0) is 37.9 Å². The summed E-state index contributed by atoms with van der Waals surface area (Å²) >= 11 is 0. The molecule has 2 aromatic rings. The highest BCUT2D eigenvalue weighted by Crippen LogP contribution is 2.17. The number of nitrogens with zero attached hydrogens (tertiary/aromatic N) is 2. The van der Waals surface area contributed by atoms with Crippen LogP contribution in [0.25, 0.3) is 11.0 Å². The average molecular weight is 273 g/mol. The van der Waals surface area contributed by atoms with Gasteiger partial charge < -0.3 is 9.72 Å². The van der Waals surface area contributed by atoms with Gasteiger partial charge in [-0.25, -0.2) is 4.98 Å². The number of hydrogen-bond acceptors (Lipinski definition) is 3. The molecule has 1 saturated heterocycles. The van der Waals surface area contributed by atoms with Crippen LogP contribution < -0.4 is 0 Å². The van der Waals surface area contributed by atoms with Gasteiger partial charge in [0, 0.05) is 13.2 Å². The van der Waals surface area contributed by atoms with Gasteiger partial charge >= 0.3 is 0 Å². The molecule has 1 N–H and O–H groups in total. The van der Waals surface area contributed by atoms with Crippen molar-refractivity contribution < 1.29 is 4.74 Å². The smallest absolute Gasteiger partial charge is 0.121 e. The van der Waals surface area contributed by atoms with Gasteiger partial charge in [0.1, 0.15) is 5.82 Å². The molecule has 4 heteroatoms. The fourth-order valence-corrected chi connectivity index (χ4v) is 2.87. The van der Waals surface area contributed by atoms with Crippen LogP contribution in [-0.2, 0) is 11.3 Å². The highest BCUT2D eigenvalue weighted by atomic mass is 16.5. The zero-order valence-corrected chi connectivity index (χ0v) is 12.1. The second-order valence-corrected chi connectivity index (χ2v) is 5.57. The maximum atomic E-state index is 5.89. The van der Waals surface area contributed by atoms with E-state index in [-0.39, 0.29) is 0 Å². The van der Waals surface area contributed by atoms with Gasteiger partial charge in [0.15, 0.2) is 0 Å². The highest BCUT2D eigenvalue weighted by molar-refractivity contribution is 5.74. The van der Waals surface area contributed by atoms with Crippen molar-refractivity contribution in [2.45, 2.75) is 38.8 Å². The predicted molar refractivity (Wildman–Crippen MR) is 80.6 cm³/mol. The summed E-state index contributed by atoms with van der Waals surface area (Å²) in [5.74, 6) is 1.06. The van der Waals surface area contributed by atoms with Gasteiger partial charge in [0.2, 0.25) is 0 Å². The SMILES string of the molecule is CCCO[C@H]1CCCN(Cc2nc3ccccc3[nH]2)C1. The lowest BCUT2D eigenvalue weighted by Gasteiger charge is -2.31. The Morgan fingerprint density at radius 3 is 3.15 bits per heavy atom. The number of rotatable bonds is 5. The van der Waals surface area contributed by atoms with Crippen LogP contribution in [0.15, 0.2) is 24.3 Å². The number of fused-ring (bicyclic) bond motifs is 1. The molecule has 1 aliphatic rings. The molecular weight excluding hydrogens is 250 g/mol. The van der Waals surface area contributed by atoms with E-state index in [0.29, 0.717) is 6.10 Å². The van der Waals surface area contributed by atoms with Crippen molar-refractivity contribution in [2.75, 3.05) is 19.7 Å². The van der Waals surface area contributed by atoms with Gasteiger partial charge in [-0.2, -0.15) is 0 Å². The number of nitrogens with one attached hydrogen (secondary N) is 1. The zero-order chi connectivity index (χ0) is 13.8. The van der Waals surface area contributed by atoms with E-state index in [0.717, 1.165) is 49.5 Å². The van der Waals surface area contributed by atoms with Crippen molar-refractivity contribution in [1.29, 1.82) is 0 Å². The minimum atomic E-state index is 0.396. The third-order valence-corrected chi connectivity index (χ3v) is 3.83. The Balaban J connectivity index is 1.61. The van der Waals surface area contributed by atoms with Crippen molar-refractivity contribution in [3.05, 3.63) is 30.1 Å². The lowest BCUT2D eigenvalue weighted by molar-refractivity contribution is -0.00276. The van der Waals surface area contributed by atoms with E-state index in [1.807, 2.05) is 12.1 Å². The Labute approximate surface area is 120 Å². The number of likely N-dealkylation sites (tertiary alicyclic amines) is 1. The van der Waals surface area contributed by atoms with E-state index < -0.39 is 0 Å². The van der Waals surface area contributed by atoms with Crippen molar-refractivity contribution in [2.24, 2.45) is 0 Å². The number of hydrogen-bond donors (Lipinski definition) is 1. The van der Waals surface area contributed by atoms with Gasteiger partial charge in [-0.15, -0.1) is 0 Å². The third kappa shape index (κ3) is 3.19. The molecular formula is C16H23N3O. The molecule has 108 valence electrons. The molecule has 0 amide bonds. The molecule has 1 atom stereocenters. The van der Waals surface area contributed by atoms with E-state index >= 15 is 0 Å². The molecule has 1 aromatic carbocycles. The van der Waals surface area contributed by atoms with Crippen LogP contribution in [0.1, 0.15) is 32.0 Å². The Hall–Kier alpha value is -1.39. The van der Waals surface area contributed by atoms with Gasteiger partial charge in [-0.3, -0.25) is 4.90 Å². The molecule has 2 heterocycles.